The van der Waals surface area contributed by atoms with E-state index in [9.17, 15) is 8.42 Å². The standard InChI is InChI=1S/C14H15N3O2S2/c1-10-16-14(9-17(10)2)21(18,19)15-8-11-3-4-13-12(7-11)5-6-20-13/h3-7,9,15H,8H2,1-2H3. The number of nitrogens with zero attached hydrogens (tertiary/aromatic N) is 2. The number of thiophene rings is 1. The zero-order valence-corrected chi connectivity index (χ0v) is 13.3. The Bertz CT molecular complexity index is 874. The summed E-state index contributed by atoms with van der Waals surface area (Å²) >= 11 is 1.67. The van der Waals surface area contributed by atoms with Gasteiger partial charge in [0.05, 0.1) is 0 Å². The van der Waals surface area contributed by atoms with E-state index in [0.717, 1.165) is 10.9 Å². The van der Waals surface area contributed by atoms with Crippen LogP contribution in [0.2, 0.25) is 0 Å². The molecule has 0 spiro atoms. The molecule has 0 saturated carbocycles. The van der Waals surface area contributed by atoms with Crippen molar-refractivity contribution in [3.8, 4) is 0 Å². The molecule has 5 nitrogen and oxygen atoms in total. The van der Waals surface area contributed by atoms with Crippen molar-refractivity contribution in [2.45, 2.75) is 18.5 Å². The Hall–Kier alpha value is -1.70. The lowest BCUT2D eigenvalue weighted by Crippen LogP contribution is -2.23. The van der Waals surface area contributed by atoms with Crippen LogP contribution >= 0.6 is 11.3 Å². The second-order valence-electron chi connectivity index (χ2n) is 4.85. The molecular weight excluding hydrogens is 306 g/mol. The van der Waals surface area contributed by atoms with E-state index in [-0.39, 0.29) is 11.6 Å². The SMILES string of the molecule is Cc1nc(S(=O)(=O)NCc2ccc3sccc3c2)cn1C. The molecular formula is C14H15N3O2S2. The molecule has 0 unspecified atom stereocenters. The Morgan fingerprint density at radius 3 is 2.86 bits per heavy atom. The molecule has 7 heteroatoms. The van der Waals surface area contributed by atoms with Gasteiger partial charge in [-0.1, -0.05) is 6.07 Å². The Morgan fingerprint density at radius 1 is 1.33 bits per heavy atom. The quantitative estimate of drug-likeness (QED) is 0.802. The molecule has 1 N–H and O–H groups in total. The zero-order valence-electron chi connectivity index (χ0n) is 11.7. The highest BCUT2D eigenvalue weighted by atomic mass is 32.2. The van der Waals surface area contributed by atoms with E-state index in [1.807, 2.05) is 29.6 Å². The van der Waals surface area contributed by atoms with Gasteiger partial charge < -0.3 is 4.57 Å². The van der Waals surface area contributed by atoms with E-state index in [1.165, 1.54) is 10.9 Å². The van der Waals surface area contributed by atoms with Crippen LogP contribution in [-0.2, 0) is 23.6 Å². The molecule has 2 aromatic heterocycles. The van der Waals surface area contributed by atoms with Crippen LogP contribution in [0.1, 0.15) is 11.4 Å². The molecule has 0 aliphatic carbocycles. The highest BCUT2D eigenvalue weighted by molar-refractivity contribution is 7.89. The maximum absolute atomic E-state index is 12.2. The second-order valence-corrected chi connectivity index (χ2v) is 7.52. The van der Waals surface area contributed by atoms with Crippen molar-refractivity contribution in [1.82, 2.24) is 14.3 Å². The fraction of sp³-hybridized carbons (Fsp3) is 0.214. The van der Waals surface area contributed by atoms with Crippen LogP contribution in [-0.4, -0.2) is 18.0 Å². The summed E-state index contributed by atoms with van der Waals surface area (Å²) in [6, 6.07) is 7.97. The summed E-state index contributed by atoms with van der Waals surface area (Å²) in [5.41, 5.74) is 0.928. The molecule has 0 atom stereocenters. The number of sulfonamides is 1. The van der Waals surface area contributed by atoms with Gasteiger partial charge in [0.25, 0.3) is 10.0 Å². The minimum absolute atomic E-state index is 0.0547. The van der Waals surface area contributed by atoms with Crippen LogP contribution in [0.3, 0.4) is 0 Å². The van der Waals surface area contributed by atoms with Crippen LogP contribution in [0, 0.1) is 6.92 Å². The van der Waals surface area contributed by atoms with E-state index in [1.54, 1.807) is 29.9 Å². The number of aryl methyl sites for hydroxylation is 2. The highest BCUT2D eigenvalue weighted by Crippen LogP contribution is 2.21. The molecule has 2 heterocycles. The highest BCUT2D eigenvalue weighted by Gasteiger charge is 2.18. The molecule has 0 amide bonds. The molecule has 0 aliphatic heterocycles. The summed E-state index contributed by atoms with van der Waals surface area (Å²) < 4.78 is 29.9. The summed E-state index contributed by atoms with van der Waals surface area (Å²) in [5, 5.41) is 3.21. The molecule has 0 saturated heterocycles. The van der Waals surface area contributed by atoms with Gasteiger partial charge in [0.1, 0.15) is 5.82 Å². The summed E-state index contributed by atoms with van der Waals surface area (Å²) in [5.74, 6) is 0.662. The monoisotopic (exact) mass is 321 g/mol. The maximum atomic E-state index is 12.2. The maximum Gasteiger partial charge on any atom is 0.259 e. The Balaban J connectivity index is 1.79. The first-order valence-electron chi connectivity index (χ1n) is 6.41. The Labute approximate surface area is 127 Å². The number of benzene rings is 1. The van der Waals surface area contributed by atoms with Crippen molar-refractivity contribution >= 4 is 31.4 Å². The van der Waals surface area contributed by atoms with Crippen LogP contribution in [0.5, 0.6) is 0 Å². The zero-order chi connectivity index (χ0) is 15.0. The van der Waals surface area contributed by atoms with E-state index in [2.05, 4.69) is 9.71 Å². The van der Waals surface area contributed by atoms with Crippen LogP contribution < -0.4 is 4.72 Å². The second kappa shape index (κ2) is 5.25. The van der Waals surface area contributed by atoms with Gasteiger partial charge in [0.2, 0.25) is 0 Å². The van der Waals surface area contributed by atoms with Crippen LogP contribution in [0.25, 0.3) is 10.1 Å². The van der Waals surface area contributed by atoms with Gasteiger partial charge >= 0.3 is 0 Å². The van der Waals surface area contributed by atoms with Gasteiger partial charge in [-0.25, -0.2) is 18.1 Å². The molecule has 0 fully saturated rings. The number of aromatic nitrogens is 2. The first-order valence-corrected chi connectivity index (χ1v) is 8.78. The predicted octanol–water partition coefficient (Wildman–Crippen LogP) is 2.42. The number of rotatable bonds is 4. The lowest BCUT2D eigenvalue weighted by molar-refractivity contribution is 0.578. The average molecular weight is 321 g/mol. The Kier molecular flexibility index (Phi) is 3.56. The van der Waals surface area contributed by atoms with Crippen molar-refractivity contribution in [3.63, 3.8) is 0 Å². The molecule has 21 heavy (non-hydrogen) atoms. The number of hydrogen-bond donors (Lipinski definition) is 1. The lowest BCUT2D eigenvalue weighted by Gasteiger charge is -2.04. The summed E-state index contributed by atoms with van der Waals surface area (Å²) in [7, 11) is -1.81. The Morgan fingerprint density at radius 2 is 2.14 bits per heavy atom. The first kappa shape index (κ1) is 14.2. The van der Waals surface area contributed by atoms with E-state index in [0.29, 0.717) is 5.82 Å². The lowest BCUT2D eigenvalue weighted by atomic mass is 10.2. The van der Waals surface area contributed by atoms with E-state index in [4.69, 9.17) is 0 Å². The summed E-state index contributed by atoms with van der Waals surface area (Å²) in [4.78, 5) is 4.05. The minimum atomic E-state index is -3.58. The van der Waals surface area contributed by atoms with Crippen molar-refractivity contribution in [3.05, 3.63) is 47.2 Å². The predicted molar refractivity (Wildman–Crippen MR) is 83.8 cm³/mol. The summed E-state index contributed by atoms with van der Waals surface area (Å²) in [6.45, 7) is 2.02. The number of imidazole rings is 1. The van der Waals surface area contributed by atoms with Crippen molar-refractivity contribution in [2.75, 3.05) is 0 Å². The first-order chi connectivity index (χ1) is 9.95. The van der Waals surface area contributed by atoms with Gasteiger partial charge in [-0.15, -0.1) is 11.3 Å². The molecule has 3 aromatic rings. The summed E-state index contributed by atoms with van der Waals surface area (Å²) in [6.07, 6.45) is 1.51. The largest absolute Gasteiger partial charge is 0.337 e. The van der Waals surface area contributed by atoms with Crippen molar-refractivity contribution < 1.29 is 8.42 Å². The smallest absolute Gasteiger partial charge is 0.259 e. The minimum Gasteiger partial charge on any atom is -0.337 e. The van der Waals surface area contributed by atoms with E-state index >= 15 is 0 Å². The van der Waals surface area contributed by atoms with Gasteiger partial charge in [-0.05, 0) is 41.5 Å². The topological polar surface area (TPSA) is 64.0 Å². The van der Waals surface area contributed by atoms with Crippen molar-refractivity contribution in [1.29, 1.82) is 0 Å². The fourth-order valence-electron chi connectivity index (χ4n) is 2.03. The molecule has 1 aromatic carbocycles. The third-order valence-corrected chi connectivity index (χ3v) is 5.51. The van der Waals surface area contributed by atoms with Gasteiger partial charge in [-0.3, -0.25) is 0 Å². The van der Waals surface area contributed by atoms with Gasteiger partial charge in [0, 0.05) is 24.5 Å². The number of nitrogens with one attached hydrogen (secondary N) is 1. The number of fused-ring (bicyclic) bond motifs is 1. The van der Waals surface area contributed by atoms with Gasteiger partial charge in [-0.2, -0.15) is 0 Å². The third kappa shape index (κ3) is 2.85. The molecule has 0 radical (unpaired) electrons. The molecule has 110 valence electrons. The average Bonchev–Trinajstić information content (AvgIpc) is 3.04. The molecule has 0 aliphatic rings. The van der Waals surface area contributed by atoms with Crippen molar-refractivity contribution in [2.24, 2.45) is 7.05 Å². The van der Waals surface area contributed by atoms with Gasteiger partial charge in [0.15, 0.2) is 5.03 Å². The van der Waals surface area contributed by atoms with Crippen LogP contribution in [0.4, 0.5) is 0 Å². The van der Waals surface area contributed by atoms with Crippen LogP contribution in [0.15, 0.2) is 40.9 Å². The number of hydrogen-bond acceptors (Lipinski definition) is 4. The normalized spacial score (nSPS) is 12.1. The molecule has 0 bridgehead atoms. The fourth-order valence-corrected chi connectivity index (χ4v) is 3.86. The molecule has 3 rings (SSSR count). The van der Waals surface area contributed by atoms with E-state index < -0.39 is 10.0 Å². The third-order valence-electron chi connectivity index (χ3n) is 3.34.